The highest BCUT2D eigenvalue weighted by atomic mass is 32.2. The number of nitrogens with one attached hydrogen (secondary N) is 1. The molecule has 5 heteroatoms. The first kappa shape index (κ1) is 23.7. The Hall–Kier alpha value is -1.36. The summed E-state index contributed by atoms with van der Waals surface area (Å²) in [5.41, 5.74) is 1.96. The molecule has 0 bridgehead atoms. The van der Waals surface area contributed by atoms with Crippen LogP contribution in [-0.4, -0.2) is 14.1 Å². The minimum Gasteiger partial charge on any atom is -0.200 e. The number of rotatable bonds is 15. The zero-order valence-electron chi connectivity index (χ0n) is 17.5. The molecule has 0 saturated heterocycles. The Morgan fingerprint density at radius 3 is 1.89 bits per heavy atom. The molecule has 0 spiro atoms. The van der Waals surface area contributed by atoms with E-state index in [0.717, 1.165) is 18.6 Å². The van der Waals surface area contributed by atoms with Crippen LogP contribution in [0.5, 0.6) is 0 Å². The molecule has 0 heterocycles. The molecule has 4 nitrogen and oxygen atoms in total. The third kappa shape index (κ3) is 10.5. The highest BCUT2D eigenvalue weighted by Gasteiger charge is 2.12. The normalized spacial score (nSPS) is 12.3. The van der Waals surface area contributed by atoms with E-state index in [9.17, 15) is 8.42 Å². The first-order chi connectivity index (χ1) is 13.0. The minimum atomic E-state index is -3.56. The second-order valence-electron chi connectivity index (χ2n) is 7.37. The standard InChI is InChI=1S/C22H38N2O2S/c1-4-6-7-8-9-10-11-12-13-14-15-21-16-18-22(19-17-21)27(25,26)24-23-20(3)5-2/h16-19,24H,4-15H2,1-3H3. The van der Waals surface area contributed by atoms with Crippen LogP contribution in [0.2, 0.25) is 0 Å². The molecule has 0 fully saturated rings. The first-order valence-electron chi connectivity index (χ1n) is 10.6. The summed E-state index contributed by atoms with van der Waals surface area (Å²) >= 11 is 0. The van der Waals surface area contributed by atoms with E-state index in [4.69, 9.17) is 0 Å². The summed E-state index contributed by atoms with van der Waals surface area (Å²) in [5, 5.41) is 3.90. The van der Waals surface area contributed by atoms with Gasteiger partial charge in [-0.3, -0.25) is 0 Å². The van der Waals surface area contributed by atoms with Gasteiger partial charge in [0.2, 0.25) is 0 Å². The predicted octanol–water partition coefficient (Wildman–Crippen LogP) is 6.21. The fourth-order valence-electron chi connectivity index (χ4n) is 2.92. The van der Waals surface area contributed by atoms with Crippen molar-refractivity contribution < 1.29 is 8.42 Å². The molecule has 27 heavy (non-hydrogen) atoms. The Morgan fingerprint density at radius 1 is 0.852 bits per heavy atom. The Labute approximate surface area is 166 Å². The Kier molecular flexibility index (Phi) is 12.1. The maximum atomic E-state index is 12.2. The number of hydrazone groups is 1. The summed E-state index contributed by atoms with van der Waals surface area (Å²) in [7, 11) is -3.56. The molecule has 1 aromatic carbocycles. The van der Waals surface area contributed by atoms with Crippen LogP contribution in [0, 0.1) is 0 Å². The van der Waals surface area contributed by atoms with Crippen LogP contribution in [-0.2, 0) is 16.4 Å². The average Bonchev–Trinajstić information content (AvgIpc) is 2.68. The number of hydrogen-bond donors (Lipinski definition) is 1. The van der Waals surface area contributed by atoms with Gasteiger partial charge in [0, 0.05) is 5.71 Å². The molecule has 0 atom stereocenters. The molecule has 1 rings (SSSR count). The number of sulfonamides is 1. The van der Waals surface area contributed by atoms with Crippen molar-refractivity contribution in [2.45, 2.75) is 103 Å². The Bertz CT molecular complexity index is 637. The molecule has 0 amide bonds. The van der Waals surface area contributed by atoms with Gasteiger partial charge in [0.15, 0.2) is 0 Å². The first-order valence-corrected chi connectivity index (χ1v) is 12.1. The van der Waals surface area contributed by atoms with Crippen molar-refractivity contribution in [1.82, 2.24) is 4.83 Å². The van der Waals surface area contributed by atoms with E-state index in [1.807, 2.05) is 19.1 Å². The van der Waals surface area contributed by atoms with Crippen molar-refractivity contribution >= 4 is 15.7 Å². The molecular formula is C22H38N2O2S. The molecule has 154 valence electrons. The van der Waals surface area contributed by atoms with E-state index in [1.54, 1.807) is 19.1 Å². The molecule has 0 unspecified atom stereocenters. The fraction of sp³-hybridized carbons (Fsp3) is 0.682. The molecule has 0 aliphatic heterocycles. The smallest absolute Gasteiger partial charge is 0.200 e. The average molecular weight is 395 g/mol. The lowest BCUT2D eigenvalue weighted by Crippen LogP contribution is -2.19. The summed E-state index contributed by atoms with van der Waals surface area (Å²) in [6, 6.07) is 7.17. The lowest BCUT2D eigenvalue weighted by Gasteiger charge is -2.06. The maximum Gasteiger partial charge on any atom is 0.276 e. The predicted molar refractivity (Wildman–Crippen MR) is 116 cm³/mol. The summed E-state index contributed by atoms with van der Waals surface area (Å²) in [6.07, 6.45) is 15.0. The van der Waals surface area contributed by atoms with Crippen molar-refractivity contribution in [3.63, 3.8) is 0 Å². The van der Waals surface area contributed by atoms with Crippen LogP contribution in [0.1, 0.15) is 97.0 Å². The Morgan fingerprint density at radius 2 is 1.37 bits per heavy atom. The van der Waals surface area contributed by atoms with Gasteiger partial charge in [-0.25, -0.2) is 4.83 Å². The van der Waals surface area contributed by atoms with Crippen LogP contribution < -0.4 is 4.83 Å². The van der Waals surface area contributed by atoms with E-state index in [2.05, 4.69) is 16.9 Å². The van der Waals surface area contributed by atoms with Gasteiger partial charge < -0.3 is 0 Å². The van der Waals surface area contributed by atoms with Crippen LogP contribution in [0.25, 0.3) is 0 Å². The third-order valence-corrected chi connectivity index (χ3v) is 6.15. The molecule has 1 N–H and O–H groups in total. The number of aryl methyl sites for hydroxylation is 1. The topological polar surface area (TPSA) is 58.5 Å². The highest BCUT2D eigenvalue weighted by Crippen LogP contribution is 2.15. The largest absolute Gasteiger partial charge is 0.276 e. The number of hydrogen-bond acceptors (Lipinski definition) is 3. The summed E-state index contributed by atoms with van der Waals surface area (Å²) in [4.78, 5) is 2.56. The van der Waals surface area contributed by atoms with E-state index < -0.39 is 10.0 Å². The summed E-state index contributed by atoms with van der Waals surface area (Å²) < 4.78 is 24.4. The summed E-state index contributed by atoms with van der Waals surface area (Å²) in [6.45, 7) is 6.00. The van der Waals surface area contributed by atoms with Gasteiger partial charge in [-0.1, -0.05) is 83.8 Å². The highest BCUT2D eigenvalue weighted by molar-refractivity contribution is 7.89. The monoisotopic (exact) mass is 394 g/mol. The third-order valence-electron chi connectivity index (χ3n) is 4.92. The Balaban J connectivity index is 2.25. The van der Waals surface area contributed by atoms with Gasteiger partial charge in [0.25, 0.3) is 10.0 Å². The van der Waals surface area contributed by atoms with Gasteiger partial charge in [-0.05, 0) is 43.9 Å². The van der Waals surface area contributed by atoms with Crippen molar-refractivity contribution in [1.29, 1.82) is 0 Å². The van der Waals surface area contributed by atoms with Crippen LogP contribution in [0.3, 0.4) is 0 Å². The van der Waals surface area contributed by atoms with E-state index in [1.165, 1.54) is 69.8 Å². The number of nitrogens with zero attached hydrogens (tertiary/aromatic N) is 1. The van der Waals surface area contributed by atoms with Crippen molar-refractivity contribution in [2.75, 3.05) is 0 Å². The van der Waals surface area contributed by atoms with Crippen LogP contribution >= 0.6 is 0 Å². The fourth-order valence-corrected chi connectivity index (χ4v) is 3.80. The van der Waals surface area contributed by atoms with Gasteiger partial charge in [0.1, 0.15) is 0 Å². The minimum absolute atomic E-state index is 0.266. The van der Waals surface area contributed by atoms with Crippen molar-refractivity contribution in [3.8, 4) is 0 Å². The molecule has 0 aliphatic rings. The molecule has 0 radical (unpaired) electrons. The molecule has 0 aliphatic carbocycles. The lowest BCUT2D eigenvalue weighted by molar-refractivity contribution is 0.556. The van der Waals surface area contributed by atoms with Gasteiger partial charge >= 0.3 is 0 Å². The molecule has 1 aromatic rings. The van der Waals surface area contributed by atoms with Crippen molar-refractivity contribution in [3.05, 3.63) is 29.8 Å². The van der Waals surface area contributed by atoms with E-state index in [0.29, 0.717) is 0 Å². The van der Waals surface area contributed by atoms with Crippen molar-refractivity contribution in [2.24, 2.45) is 5.10 Å². The zero-order chi connectivity index (χ0) is 20.0. The lowest BCUT2D eigenvalue weighted by atomic mass is 10.0. The van der Waals surface area contributed by atoms with Gasteiger partial charge in [-0.2, -0.15) is 13.5 Å². The van der Waals surface area contributed by atoms with Gasteiger partial charge in [-0.15, -0.1) is 0 Å². The zero-order valence-corrected chi connectivity index (χ0v) is 18.3. The quantitative estimate of drug-likeness (QED) is 0.218. The molecular weight excluding hydrogens is 356 g/mol. The number of benzene rings is 1. The van der Waals surface area contributed by atoms with Gasteiger partial charge in [0.05, 0.1) is 4.90 Å². The van der Waals surface area contributed by atoms with Crippen LogP contribution in [0.4, 0.5) is 0 Å². The SMILES string of the molecule is CCCCCCCCCCCCc1ccc(S(=O)(=O)NN=C(C)CC)cc1. The molecule has 0 aromatic heterocycles. The second kappa shape index (κ2) is 13.8. The maximum absolute atomic E-state index is 12.2. The second-order valence-corrected chi connectivity index (χ2v) is 9.03. The van der Waals surface area contributed by atoms with E-state index >= 15 is 0 Å². The summed E-state index contributed by atoms with van der Waals surface area (Å²) in [5.74, 6) is 0. The number of unbranched alkanes of at least 4 members (excludes halogenated alkanes) is 9. The molecule has 0 saturated carbocycles. The van der Waals surface area contributed by atoms with E-state index in [-0.39, 0.29) is 4.90 Å². The van der Waals surface area contributed by atoms with Crippen LogP contribution in [0.15, 0.2) is 34.3 Å².